The maximum Gasteiger partial charge on any atom is 0.236 e. The number of likely N-dealkylation sites (N-methyl/N-ethyl adjacent to an activating group) is 1. The van der Waals surface area contributed by atoms with Crippen molar-refractivity contribution in [2.45, 2.75) is 59.0 Å². The van der Waals surface area contributed by atoms with Gasteiger partial charge in [-0.1, -0.05) is 6.42 Å². The fourth-order valence-corrected chi connectivity index (χ4v) is 4.40. The summed E-state index contributed by atoms with van der Waals surface area (Å²) in [7, 11) is 1.88. The minimum atomic E-state index is 0.0355. The predicted molar refractivity (Wildman–Crippen MR) is 112 cm³/mol. The van der Waals surface area contributed by atoms with E-state index in [4.69, 9.17) is 9.97 Å². The van der Waals surface area contributed by atoms with Crippen molar-refractivity contribution in [1.82, 2.24) is 24.7 Å². The van der Waals surface area contributed by atoms with E-state index in [-0.39, 0.29) is 17.9 Å². The molecule has 29 heavy (non-hydrogen) atoms. The van der Waals surface area contributed by atoms with E-state index in [1.165, 1.54) is 0 Å². The number of anilines is 1. The van der Waals surface area contributed by atoms with E-state index in [0.29, 0.717) is 19.6 Å². The number of aromatic nitrogens is 2. The Balaban J connectivity index is 1.88. The largest absolute Gasteiger partial charge is 0.373 e. The van der Waals surface area contributed by atoms with Gasteiger partial charge >= 0.3 is 0 Å². The number of rotatable bonds is 6. The quantitative estimate of drug-likeness (QED) is 0.782. The lowest BCUT2D eigenvalue weighted by Crippen LogP contribution is -2.44. The Kier molecular flexibility index (Phi) is 7.05. The maximum atomic E-state index is 12.7. The number of nitrogens with zero attached hydrogens (tertiary/aromatic N) is 5. The Labute approximate surface area is 173 Å². The second-order valence-electron chi connectivity index (χ2n) is 7.84. The molecule has 3 rings (SSSR count). The molecule has 160 valence electrons. The highest BCUT2D eigenvalue weighted by molar-refractivity contribution is 5.78. The molecule has 1 aromatic rings. The number of hydrogen-bond donors (Lipinski definition) is 1. The molecule has 2 aliphatic heterocycles. The summed E-state index contributed by atoms with van der Waals surface area (Å²) < 4.78 is 0. The van der Waals surface area contributed by atoms with Crippen molar-refractivity contribution in [3.05, 3.63) is 17.1 Å². The summed E-state index contributed by atoms with van der Waals surface area (Å²) in [6.07, 6.45) is 3.91. The van der Waals surface area contributed by atoms with E-state index in [1.54, 1.807) is 6.92 Å². The van der Waals surface area contributed by atoms with E-state index in [0.717, 1.165) is 68.2 Å². The lowest BCUT2D eigenvalue weighted by atomic mass is 9.99. The number of carbonyl (C=O) groups excluding carboxylic acids is 2. The standard InChI is InChI=1S/C21H34N6O2/c1-5-25(6-2)19(29)14-27-11-8-7-9-18(27)21-23-17-13-26(15(3)28)12-10-16(17)20(22-4)24-21/h18H,5-14H2,1-4H3,(H,22,23,24)/t18-/m0/s1. The van der Waals surface area contributed by atoms with E-state index in [2.05, 4.69) is 10.2 Å². The Hall–Kier alpha value is -2.22. The smallest absolute Gasteiger partial charge is 0.236 e. The normalized spacial score (nSPS) is 19.6. The van der Waals surface area contributed by atoms with Crippen LogP contribution in [0.3, 0.4) is 0 Å². The molecule has 1 aromatic heterocycles. The zero-order valence-corrected chi connectivity index (χ0v) is 18.2. The van der Waals surface area contributed by atoms with Crippen molar-refractivity contribution in [2.24, 2.45) is 0 Å². The highest BCUT2D eigenvalue weighted by atomic mass is 16.2. The second kappa shape index (κ2) is 9.52. The third kappa shape index (κ3) is 4.69. The van der Waals surface area contributed by atoms with Crippen LogP contribution in [0.1, 0.15) is 63.2 Å². The zero-order valence-electron chi connectivity index (χ0n) is 18.2. The summed E-state index contributed by atoms with van der Waals surface area (Å²) in [6, 6.07) is 0.0355. The Morgan fingerprint density at radius 3 is 2.59 bits per heavy atom. The predicted octanol–water partition coefficient (Wildman–Crippen LogP) is 1.82. The molecule has 2 aliphatic rings. The number of fused-ring (bicyclic) bond motifs is 1. The number of piperidine rings is 1. The monoisotopic (exact) mass is 402 g/mol. The summed E-state index contributed by atoms with van der Waals surface area (Å²) in [4.78, 5) is 40.3. The van der Waals surface area contributed by atoms with Gasteiger partial charge in [0.25, 0.3) is 0 Å². The minimum absolute atomic E-state index is 0.0355. The molecule has 0 radical (unpaired) electrons. The number of carbonyl (C=O) groups is 2. The zero-order chi connectivity index (χ0) is 21.0. The van der Waals surface area contributed by atoms with Crippen LogP contribution in [-0.2, 0) is 22.6 Å². The molecule has 0 saturated carbocycles. The van der Waals surface area contributed by atoms with Gasteiger partial charge in [0.15, 0.2) is 0 Å². The first kappa shape index (κ1) is 21.5. The van der Waals surface area contributed by atoms with Crippen LogP contribution in [0.15, 0.2) is 0 Å². The molecule has 1 atom stereocenters. The molecule has 0 aliphatic carbocycles. The highest BCUT2D eigenvalue weighted by Gasteiger charge is 2.31. The molecule has 1 N–H and O–H groups in total. The van der Waals surface area contributed by atoms with Gasteiger partial charge < -0.3 is 15.1 Å². The van der Waals surface area contributed by atoms with Crippen molar-refractivity contribution < 1.29 is 9.59 Å². The molecule has 0 spiro atoms. The third-order valence-electron chi connectivity index (χ3n) is 6.13. The number of nitrogens with one attached hydrogen (secondary N) is 1. The molecule has 1 fully saturated rings. The molecule has 1 saturated heterocycles. The molecule has 2 amide bonds. The van der Waals surface area contributed by atoms with Gasteiger partial charge in [-0.15, -0.1) is 0 Å². The summed E-state index contributed by atoms with van der Waals surface area (Å²) in [5.74, 6) is 1.86. The third-order valence-corrected chi connectivity index (χ3v) is 6.13. The van der Waals surface area contributed by atoms with Gasteiger partial charge in [-0.05, 0) is 39.7 Å². The van der Waals surface area contributed by atoms with Crippen LogP contribution in [0.4, 0.5) is 5.82 Å². The maximum absolute atomic E-state index is 12.7. The Bertz CT molecular complexity index is 749. The first-order valence-electron chi connectivity index (χ1n) is 10.8. The van der Waals surface area contributed by atoms with E-state index in [1.807, 2.05) is 30.7 Å². The van der Waals surface area contributed by atoms with Crippen molar-refractivity contribution in [1.29, 1.82) is 0 Å². The van der Waals surface area contributed by atoms with Crippen molar-refractivity contribution in [3.8, 4) is 0 Å². The van der Waals surface area contributed by atoms with E-state index in [9.17, 15) is 9.59 Å². The van der Waals surface area contributed by atoms with Gasteiger partial charge in [0.05, 0.1) is 24.8 Å². The average molecular weight is 403 g/mol. The summed E-state index contributed by atoms with van der Waals surface area (Å²) >= 11 is 0. The highest BCUT2D eigenvalue weighted by Crippen LogP contribution is 2.32. The SMILES string of the molecule is CCN(CC)C(=O)CN1CCCC[C@H]1c1nc2c(c(NC)n1)CCN(C(C)=O)C2. The lowest BCUT2D eigenvalue weighted by molar-refractivity contribution is -0.133. The number of hydrogen-bond acceptors (Lipinski definition) is 6. The first-order valence-corrected chi connectivity index (χ1v) is 10.8. The molecular weight excluding hydrogens is 368 g/mol. The lowest BCUT2D eigenvalue weighted by Gasteiger charge is -2.36. The van der Waals surface area contributed by atoms with Gasteiger partial charge in [0, 0.05) is 39.2 Å². The summed E-state index contributed by atoms with van der Waals surface area (Å²) in [5, 5.41) is 3.22. The number of likely N-dealkylation sites (tertiary alicyclic amines) is 1. The van der Waals surface area contributed by atoms with Crippen LogP contribution >= 0.6 is 0 Å². The summed E-state index contributed by atoms with van der Waals surface area (Å²) in [5.41, 5.74) is 2.04. The van der Waals surface area contributed by atoms with Gasteiger partial charge in [-0.25, -0.2) is 9.97 Å². The molecule has 8 nitrogen and oxygen atoms in total. The van der Waals surface area contributed by atoms with Crippen LogP contribution in [0, 0.1) is 0 Å². The van der Waals surface area contributed by atoms with Crippen LogP contribution in [-0.4, -0.2) is 76.3 Å². The molecule has 0 unspecified atom stereocenters. The number of amides is 2. The molecular formula is C21H34N6O2. The topological polar surface area (TPSA) is 81.7 Å². The Morgan fingerprint density at radius 1 is 1.17 bits per heavy atom. The molecule has 0 aromatic carbocycles. The van der Waals surface area contributed by atoms with Crippen molar-refractivity contribution >= 4 is 17.6 Å². The van der Waals surface area contributed by atoms with Gasteiger partial charge in [0.2, 0.25) is 11.8 Å². The van der Waals surface area contributed by atoms with E-state index >= 15 is 0 Å². The fraction of sp³-hybridized carbons (Fsp3) is 0.714. The second-order valence-corrected chi connectivity index (χ2v) is 7.84. The van der Waals surface area contributed by atoms with Gasteiger partial charge in [0.1, 0.15) is 11.6 Å². The molecule has 0 bridgehead atoms. The summed E-state index contributed by atoms with van der Waals surface area (Å²) in [6.45, 7) is 9.61. The van der Waals surface area contributed by atoms with Crippen LogP contribution in [0.25, 0.3) is 0 Å². The van der Waals surface area contributed by atoms with Gasteiger partial charge in [-0.3, -0.25) is 14.5 Å². The average Bonchev–Trinajstić information content (AvgIpc) is 2.73. The van der Waals surface area contributed by atoms with E-state index < -0.39 is 0 Å². The van der Waals surface area contributed by atoms with Crippen LogP contribution < -0.4 is 5.32 Å². The van der Waals surface area contributed by atoms with Crippen LogP contribution in [0.2, 0.25) is 0 Å². The van der Waals surface area contributed by atoms with Crippen molar-refractivity contribution in [2.75, 3.05) is 45.1 Å². The van der Waals surface area contributed by atoms with Crippen LogP contribution in [0.5, 0.6) is 0 Å². The van der Waals surface area contributed by atoms with Crippen molar-refractivity contribution in [3.63, 3.8) is 0 Å². The first-order chi connectivity index (χ1) is 14.0. The molecule has 8 heteroatoms. The Morgan fingerprint density at radius 2 is 1.93 bits per heavy atom. The molecule has 3 heterocycles. The fourth-order valence-electron chi connectivity index (χ4n) is 4.40. The minimum Gasteiger partial charge on any atom is -0.373 e. The van der Waals surface area contributed by atoms with Gasteiger partial charge in [-0.2, -0.15) is 0 Å².